The van der Waals surface area contributed by atoms with Crippen molar-refractivity contribution in [2.75, 3.05) is 7.11 Å². The smallest absolute Gasteiger partial charge is 0.159 e. The molecule has 15 heavy (non-hydrogen) atoms. The molecule has 0 aliphatic heterocycles. The molecule has 0 amide bonds. The first-order chi connectivity index (χ1) is 7.20. The number of thiazole rings is 1. The van der Waals surface area contributed by atoms with E-state index in [1.165, 1.54) is 5.56 Å². The van der Waals surface area contributed by atoms with Crippen molar-refractivity contribution in [2.24, 2.45) is 0 Å². The molecule has 0 spiro atoms. The number of halogens is 1. The van der Waals surface area contributed by atoms with Gasteiger partial charge in [0.25, 0.3) is 0 Å². The molecule has 2 nitrogen and oxygen atoms in total. The summed E-state index contributed by atoms with van der Waals surface area (Å²) in [6.45, 7) is 2.06. The maximum atomic E-state index is 5.31. The van der Waals surface area contributed by atoms with Crippen LogP contribution in [0.4, 0.5) is 0 Å². The summed E-state index contributed by atoms with van der Waals surface area (Å²) in [7, 11) is 1.68. The van der Waals surface area contributed by atoms with Gasteiger partial charge in [-0.05, 0) is 35.0 Å². The Morgan fingerprint density at radius 2 is 2.20 bits per heavy atom. The Balaban J connectivity index is 2.55. The number of ether oxygens (including phenoxy) is 1. The van der Waals surface area contributed by atoms with E-state index < -0.39 is 0 Å². The summed E-state index contributed by atoms with van der Waals surface area (Å²) in [5.41, 5.74) is 3.20. The van der Waals surface area contributed by atoms with Crippen LogP contribution in [0.15, 0.2) is 27.5 Å². The maximum Gasteiger partial charge on any atom is 0.159 e. The van der Waals surface area contributed by atoms with Crippen molar-refractivity contribution in [3.8, 4) is 17.0 Å². The first-order valence-corrected chi connectivity index (χ1v) is 6.14. The molecule has 0 aliphatic carbocycles. The fraction of sp³-hybridized carbons (Fsp3) is 0.182. The van der Waals surface area contributed by atoms with E-state index in [0.29, 0.717) is 0 Å². The van der Waals surface area contributed by atoms with Crippen LogP contribution in [0.2, 0.25) is 0 Å². The second-order valence-electron chi connectivity index (χ2n) is 3.19. The topological polar surface area (TPSA) is 22.1 Å². The first-order valence-electron chi connectivity index (χ1n) is 4.47. The van der Waals surface area contributed by atoms with Crippen molar-refractivity contribution in [3.05, 3.63) is 33.1 Å². The quantitative estimate of drug-likeness (QED) is 0.834. The molecule has 0 atom stereocenters. The molecule has 0 radical (unpaired) electrons. The van der Waals surface area contributed by atoms with Gasteiger partial charge in [0, 0.05) is 10.9 Å². The molecule has 0 saturated carbocycles. The Morgan fingerprint density at radius 3 is 2.80 bits per heavy atom. The molecular weight excluding hydrogens is 274 g/mol. The molecule has 78 valence electrons. The third-order valence-corrected chi connectivity index (χ3v) is 3.47. The summed E-state index contributed by atoms with van der Waals surface area (Å²) >= 11 is 4.94. The minimum Gasteiger partial charge on any atom is -0.496 e. The number of aromatic nitrogens is 1. The summed E-state index contributed by atoms with van der Waals surface area (Å²) < 4.78 is 6.20. The van der Waals surface area contributed by atoms with Crippen molar-refractivity contribution >= 4 is 27.3 Å². The van der Waals surface area contributed by atoms with Gasteiger partial charge >= 0.3 is 0 Å². The SMILES string of the molecule is COc1ccc(C)cc1-c1csc(Br)n1. The lowest BCUT2D eigenvalue weighted by atomic mass is 10.1. The Morgan fingerprint density at radius 1 is 1.40 bits per heavy atom. The monoisotopic (exact) mass is 283 g/mol. The van der Waals surface area contributed by atoms with E-state index in [-0.39, 0.29) is 0 Å². The Kier molecular flexibility index (Phi) is 3.07. The summed E-state index contributed by atoms with van der Waals surface area (Å²) in [5.74, 6) is 0.860. The third-order valence-electron chi connectivity index (χ3n) is 2.11. The molecule has 2 rings (SSSR count). The van der Waals surface area contributed by atoms with Crippen molar-refractivity contribution < 1.29 is 4.74 Å². The highest BCUT2D eigenvalue weighted by molar-refractivity contribution is 9.11. The van der Waals surface area contributed by atoms with Crippen LogP contribution in [0.1, 0.15) is 5.56 Å². The van der Waals surface area contributed by atoms with Crippen molar-refractivity contribution in [1.82, 2.24) is 4.98 Å². The van der Waals surface area contributed by atoms with Crippen LogP contribution in [-0.4, -0.2) is 12.1 Å². The van der Waals surface area contributed by atoms with Crippen LogP contribution in [-0.2, 0) is 0 Å². The van der Waals surface area contributed by atoms with Gasteiger partial charge in [0.1, 0.15) is 5.75 Å². The van der Waals surface area contributed by atoms with E-state index in [2.05, 4.69) is 33.9 Å². The average molecular weight is 284 g/mol. The van der Waals surface area contributed by atoms with Crippen LogP contribution in [0, 0.1) is 6.92 Å². The van der Waals surface area contributed by atoms with Gasteiger partial charge in [-0.2, -0.15) is 0 Å². The van der Waals surface area contributed by atoms with Gasteiger partial charge in [-0.3, -0.25) is 0 Å². The Labute approximate surface area is 101 Å². The van der Waals surface area contributed by atoms with Crippen LogP contribution in [0.3, 0.4) is 0 Å². The van der Waals surface area contributed by atoms with E-state index in [1.807, 2.05) is 17.5 Å². The van der Waals surface area contributed by atoms with Crippen LogP contribution in [0.25, 0.3) is 11.3 Å². The molecule has 0 N–H and O–H groups in total. The molecule has 0 bridgehead atoms. The predicted molar refractivity (Wildman–Crippen MR) is 66.5 cm³/mol. The molecule has 0 unspecified atom stereocenters. The molecule has 1 heterocycles. The Bertz CT molecular complexity index is 481. The maximum absolute atomic E-state index is 5.31. The number of rotatable bonds is 2. The highest BCUT2D eigenvalue weighted by atomic mass is 79.9. The average Bonchev–Trinajstić information content (AvgIpc) is 2.65. The van der Waals surface area contributed by atoms with Gasteiger partial charge < -0.3 is 4.74 Å². The number of hydrogen-bond acceptors (Lipinski definition) is 3. The van der Waals surface area contributed by atoms with Crippen LogP contribution in [0.5, 0.6) is 5.75 Å². The molecule has 1 aromatic heterocycles. The van der Waals surface area contributed by atoms with Gasteiger partial charge in [-0.15, -0.1) is 11.3 Å². The zero-order chi connectivity index (χ0) is 10.8. The fourth-order valence-electron chi connectivity index (χ4n) is 1.40. The number of benzene rings is 1. The van der Waals surface area contributed by atoms with E-state index in [0.717, 1.165) is 20.9 Å². The third kappa shape index (κ3) is 2.21. The molecule has 1 aromatic carbocycles. The normalized spacial score (nSPS) is 10.3. The van der Waals surface area contributed by atoms with Gasteiger partial charge in [0.2, 0.25) is 0 Å². The summed E-state index contributed by atoms with van der Waals surface area (Å²) in [4.78, 5) is 4.39. The Hall–Kier alpha value is -0.870. The minimum atomic E-state index is 0.860. The number of nitrogens with zero attached hydrogens (tertiary/aromatic N) is 1. The zero-order valence-electron chi connectivity index (χ0n) is 8.45. The van der Waals surface area contributed by atoms with Crippen molar-refractivity contribution in [2.45, 2.75) is 6.92 Å². The largest absolute Gasteiger partial charge is 0.496 e. The molecule has 0 aliphatic rings. The summed E-state index contributed by atoms with van der Waals surface area (Å²) in [6.07, 6.45) is 0. The van der Waals surface area contributed by atoms with Crippen LogP contribution < -0.4 is 4.74 Å². The van der Waals surface area contributed by atoms with E-state index >= 15 is 0 Å². The lowest BCUT2D eigenvalue weighted by Crippen LogP contribution is -1.88. The second kappa shape index (κ2) is 4.33. The predicted octanol–water partition coefficient (Wildman–Crippen LogP) is 3.89. The number of aryl methyl sites for hydroxylation is 1. The highest BCUT2D eigenvalue weighted by Gasteiger charge is 2.08. The van der Waals surface area contributed by atoms with E-state index in [9.17, 15) is 0 Å². The standard InChI is InChI=1S/C11H10BrNOS/c1-7-3-4-10(14-2)8(5-7)9-6-15-11(12)13-9/h3-6H,1-2H3. The fourth-order valence-corrected chi connectivity index (χ4v) is 2.41. The molecule has 0 saturated heterocycles. The molecule has 2 aromatic rings. The first kappa shape index (κ1) is 10.6. The lowest BCUT2D eigenvalue weighted by molar-refractivity contribution is 0.416. The van der Waals surface area contributed by atoms with Crippen molar-refractivity contribution in [1.29, 1.82) is 0 Å². The van der Waals surface area contributed by atoms with Gasteiger partial charge in [0.15, 0.2) is 3.92 Å². The lowest BCUT2D eigenvalue weighted by Gasteiger charge is -2.06. The zero-order valence-corrected chi connectivity index (χ0v) is 10.9. The number of methoxy groups -OCH3 is 1. The van der Waals surface area contributed by atoms with Crippen molar-refractivity contribution in [3.63, 3.8) is 0 Å². The van der Waals surface area contributed by atoms with E-state index in [1.54, 1.807) is 18.4 Å². The molecular formula is C11H10BrNOS. The number of hydrogen-bond donors (Lipinski definition) is 0. The highest BCUT2D eigenvalue weighted by Crippen LogP contribution is 2.32. The van der Waals surface area contributed by atoms with E-state index in [4.69, 9.17) is 4.74 Å². The van der Waals surface area contributed by atoms with Crippen LogP contribution >= 0.6 is 27.3 Å². The summed E-state index contributed by atoms with van der Waals surface area (Å²) in [5, 5.41) is 2.02. The van der Waals surface area contributed by atoms with Gasteiger partial charge in [-0.1, -0.05) is 11.6 Å². The molecule has 4 heteroatoms. The van der Waals surface area contributed by atoms with Gasteiger partial charge in [0.05, 0.1) is 12.8 Å². The van der Waals surface area contributed by atoms with Gasteiger partial charge in [-0.25, -0.2) is 4.98 Å². The minimum absolute atomic E-state index is 0.860. The second-order valence-corrected chi connectivity index (χ2v) is 5.32. The summed E-state index contributed by atoms with van der Waals surface area (Å²) in [6, 6.07) is 6.09. The molecule has 0 fully saturated rings.